The molecule has 158 valence electrons. The number of methoxy groups -OCH3 is 1. The van der Waals surface area contributed by atoms with E-state index < -0.39 is 8.07 Å². The zero-order valence-corrected chi connectivity index (χ0v) is 20.7. The maximum absolute atomic E-state index is 6.44. The van der Waals surface area contributed by atoms with Gasteiger partial charge in [0.25, 0.3) is 0 Å². The number of imidazole rings is 1. The van der Waals surface area contributed by atoms with Gasteiger partial charge >= 0.3 is 0 Å². The van der Waals surface area contributed by atoms with Gasteiger partial charge in [0, 0.05) is 0 Å². The maximum atomic E-state index is 6.44. The second kappa shape index (κ2) is 8.87. The number of halogens is 1. The third kappa shape index (κ3) is 3.89. The lowest BCUT2D eigenvalue weighted by Gasteiger charge is -2.38. The van der Waals surface area contributed by atoms with Crippen LogP contribution in [0.5, 0.6) is 5.75 Å². The Morgan fingerprint density at radius 3 is 2.17 bits per heavy atom. The Balaban J connectivity index is 2.25. The van der Waals surface area contributed by atoms with Crippen molar-refractivity contribution in [3.05, 3.63) is 53.3 Å². The van der Waals surface area contributed by atoms with E-state index in [1.165, 1.54) is 0 Å². The zero-order chi connectivity index (χ0) is 22.1. The van der Waals surface area contributed by atoms with E-state index in [0.29, 0.717) is 27.4 Å². The SMILES string of the molecule is COc1ccc(-n2c(C#C[Si](C(C)C)(C(C)C)C(C)C)nc3ccccc32)cc1Cl. The molecule has 5 heteroatoms. The molecular formula is C25H31ClN2OSi. The van der Waals surface area contributed by atoms with Crippen molar-refractivity contribution < 1.29 is 4.74 Å². The van der Waals surface area contributed by atoms with E-state index in [9.17, 15) is 0 Å². The standard InChI is InChI=1S/C25H31ClN2OSi/c1-17(2)30(18(3)4,19(5)6)15-14-25-27-22-10-8-9-11-23(22)28(25)20-12-13-24(29-7)21(26)16-20/h8-13,16-19H,1-7H3. The first kappa shape index (κ1) is 22.5. The van der Waals surface area contributed by atoms with Crippen molar-refractivity contribution in [3.8, 4) is 22.9 Å². The number of hydrogen-bond acceptors (Lipinski definition) is 2. The van der Waals surface area contributed by atoms with Crippen molar-refractivity contribution in [1.29, 1.82) is 0 Å². The Hall–Kier alpha value is -2.22. The van der Waals surface area contributed by atoms with Gasteiger partial charge in [0.2, 0.25) is 0 Å². The molecule has 0 aliphatic carbocycles. The first-order valence-electron chi connectivity index (χ1n) is 10.6. The van der Waals surface area contributed by atoms with Crippen LogP contribution in [0.1, 0.15) is 47.4 Å². The molecule has 1 aromatic heterocycles. The molecule has 0 bridgehead atoms. The highest BCUT2D eigenvalue weighted by atomic mass is 35.5. The van der Waals surface area contributed by atoms with Crippen molar-refractivity contribution in [1.82, 2.24) is 9.55 Å². The fraction of sp³-hybridized carbons (Fsp3) is 0.400. The molecule has 0 spiro atoms. The van der Waals surface area contributed by atoms with Crippen LogP contribution < -0.4 is 4.74 Å². The fourth-order valence-electron chi connectivity index (χ4n) is 4.76. The molecule has 2 aromatic carbocycles. The Kier molecular flexibility index (Phi) is 6.64. The van der Waals surface area contributed by atoms with E-state index in [-0.39, 0.29) is 0 Å². The van der Waals surface area contributed by atoms with Crippen molar-refractivity contribution in [3.63, 3.8) is 0 Å². The van der Waals surface area contributed by atoms with Gasteiger partial charge in [-0.25, -0.2) is 4.98 Å². The van der Waals surface area contributed by atoms with Crippen molar-refractivity contribution >= 4 is 30.7 Å². The summed E-state index contributed by atoms with van der Waals surface area (Å²) in [5, 5.41) is 0.571. The molecular weight excluding hydrogens is 408 g/mol. The van der Waals surface area contributed by atoms with Gasteiger partial charge in [0.1, 0.15) is 13.8 Å². The minimum atomic E-state index is -1.87. The molecule has 0 aliphatic rings. The number of fused-ring (bicyclic) bond motifs is 1. The monoisotopic (exact) mass is 438 g/mol. The summed E-state index contributed by atoms with van der Waals surface area (Å²) in [6.45, 7) is 14.0. The molecule has 0 N–H and O–H groups in total. The first-order valence-corrected chi connectivity index (χ1v) is 13.2. The Bertz CT molecular complexity index is 1080. The Morgan fingerprint density at radius 1 is 0.967 bits per heavy atom. The number of rotatable bonds is 5. The number of ether oxygens (including phenoxy) is 1. The molecule has 0 radical (unpaired) electrons. The molecule has 0 fully saturated rings. The summed E-state index contributed by atoms with van der Waals surface area (Å²) in [4.78, 5) is 4.88. The van der Waals surface area contributed by atoms with Crippen LogP contribution >= 0.6 is 11.6 Å². The van der Waals surface area contributed by atoms with Crippen molar-refractivity contribution in [2.75, 3.05) is 7.11 Å². The molecule has 0 atom stereocenters. The van der Waals surface area contributed by atoms with Gasteiger partial charge in [-0.15, -0.1) is 5.54 Å². The van der Waals surface area contributed by atoms with E-state index in [0.717, 1.165) is 22.5 Å². The number of nitrogens with zero attached hydrogens (tertiary/aromatic N) is 2. The summed E-state index contributed by atoms with van der Waals surface area (Å²) in [6, 6.07) is 13.9. The number of aromatic nitrogens is 2. The number of benzene rings is 2. The molecule has 0 saturated carbocycles. The summed E-state index contributed by atoms with van der Waals surface area (Å²) in [5.74, 6) is 4.94. The van der Waals surface area contributed by atoms with Gasteiger partial charge in [-0.2, -0.15) is 0 Å². The average Bonchev–Trinajstić information content (AvgIpc) is 3.06. The van der Waals surface area contributed by atoms with E-state index >= 15 is 0 Å². The molecule has 1 heterocycles. The quantitative estimate of drug-likeness (QED) is 0.309. The van der Waals surface area contributed by atoms with Crippen LogP contribution in [-0.2, 0) is 0 Å². The topological polar surface area (TPSA) is 27.1 Å². The fourth-order valence-corrected chi connectivity index (χ4v) is 10.2. The molecule has 0 aliphatic heterocycles. The van der Waals surface area contributed by atoms with Crippen LogP contribution in [0.25, 0.3) is 16.7 Å². The third-order valence-electron chi connectivity index (χ3n) is 6.21. The van der Waals surface area contributed by atoms with Gasteiger partial charge < -0.3 is 4.74 Å². The average molecular weight is 439 g/mol. The summed E-state index contributed by atoms with van der Waals surface area (Å²) in [6.07, 6.45) is 0. The van der Waals surface area contributed by atoms with E-state index in [1.54, 1.807) is 7.11 Å². The highest BCUT2D eigenvalue weighted by molar-refractivity contribution is 6.90. The Labute approximate surface area is 186 Å². The second-order valence-corrected chi connectivity index (χ2v) is 14.7. The van der Waals surface area contributed by atoms with Crippen LogP contribution in [0.15, 0.2) is 42.5 Å². The summed E-state index contributed by atoms with van der Waals surface area (Å²) < 4.78 is 7.43. The number of hydrogen-bond donors (Lipinski definition) is 0. The van der Waals surface area contributed by atoms with E-state index in [2.05, 4.69) is 63.6 Å². The van der Waals surface area contributed by atoms with Gasteiger partial charge in [0.05, 0.1) is 28.9 Å². The first-order chi connectivity index (χ1) is 14.2. The van der Waals surface area contributed by atoms with Crippen LogP contribution in [0.3, 0.4) is 0 Å². The molecule has 0 unspecified atom stereocenters. The number of para-hydroxylation sites is 2. The summed E-state index contributed by atoms with van der Waals surface area (Å²) >= 11 is 6.44. The van der Waals surface area contributed by atoms with Crippen LogP contribution in [0.4, 0.5) is 0 Å². The second-order valence-electron chi connectivity index (χ2n) is 8.73. The Morgan fingerprint density at radius 2 is 1.60 bits per heavy atom. The van der Waals surface area contributed by atoms with Crippen molar-refractivity contribution in [2.24, 2.45) is 0 Å². The predicted molar refractivity (Wildman–Crippen MR) is 131 cm³/mol. The van der Waals surface area contributed by atoms with E-state index in [1.807, 2.05) is 36.4 Å². The van der Waals surface area contributed by atoms with Gasteiger partial charge in [-0.05, 0) is 52.9 Å². The summed E-state index contributed by atoms with van der Waals surface area (Å²) in [5.41, 5.74) is 8.39. The highest BCUT2D eigenvalue weighted by Gasteiger charge is 2.41. The minimum absolute atomic E-state index is 0.568. The van der Waals surface area contributed by atoms with Crippen LogP contribution in [-0.4, -0.2) is 24.7 Å². The normalized spacial score (nSPS) is 12.0. The van der Waals surface area contributed by atoms with Crippen LogP contribution in [0.2, 0.25) is 21.6 Å². The predicted octanol–water partition coefficient (Wildman–Crippen LogP) is 7.26. The molecule has 3 nitrogen and oxygen atoms in total. The van der Waals surface area contributed by atoms with Crippen molar-refractivity contribution in [2.45, 2.75) is 58.2 Å². The molecule has 3 aromatic rings. The van der Waals surface area contributed by atoms with E-state index in [4.69, 9.17) is 21.3 Å². The largest absolute Gasteiger partial charge is 0.495 e. The maximum Gasteiger partial charge on any atom is 0.190 e. The van der Waals surface area contributed by atoms with Gasteiger partial charge in [0.15, 0.2) is 5.82 Å². The lowest BCUT2D eigenvalue weighted by Crippen LogP contribution is -2.43. The zero-order valence-electron chi connectivity index (χ0n) is 19.0. The molecule has 0 amide bonds. The molecule has 3 rings (SSSR count). The third-order valence-corrected chi connectivity index (χ3v) is 12.8. The highest BCUT2D eigenvalue weighted by Crippen LogP contribution is 2.41. The van der Waals surface area contributed by atoms with Gasteiger partial charge in [-0.3, -0.25) is 4.57 Å². The molecule has 30 heavy (non-hydrogen) atoms. The molecule has 0 saturated heterocycles. The summed E-state index contributed by atoms with van der Waals surface area (Å²) in [7, 11) is -0.246. The lowest BCUT2D eigenvalue weighted by molar-refractivity contribution is 0.415. The lowest BCUT2D eigenvalue weighted by atomic mass is 10.2. The smallest absolute Gasteiger partial charge is 0.190 e. The van der Waals surface area contributed by atoms with Gasteiger partial charge in [-0.1, -0.05) is 65.3 Å². The minimum Gasteiger partial charge on any atom is -0.495 e. The van der Waals surface area contributed by atoms with Crippen LogP contribution in [0, 0.1) is 11.5 Å².